The summed E-state index contributed by atoms with van der Waals surface area (Å²) in [4.78, 5) is 26.0. The molecular formula is C26H27N5O2S2. The Bertz CT molecular complexity index is 1280. The molecule has 7 nitrogen and oxygen atoms in total. The molecule has 1 amide bonds. The zero-order valence-corrected chi connectivity index (χ0v) is 21.4. The van der Waals surface area contributed by atoms with Crippen LogP contribution < -0.4 is 9.64 Å². The van der Waals surface area contributed by atoms with E-state index in [1.165, 1.54) is 28.4 Å². The molecule has 0 atom stereocenters. The van der Waals surface area contributed by atoms with Crippen LogP contribution in [-0.4, -0.2) is 51.3 Å². The Kier molecular flexibility index (Phi) is 7.06. The van der Waals surface area contributed by atoms with Gasteiger partial charge in [0, 0.05) is 49.5 Å². The summed E-state index contributed by atoms with van der Waals surface area (Å²) in [6, 6.07) is 16.1. The molecule has 0 unspecified atom stereocenters. The van der Waals surface area contributed by atoms with Gasteiger partial charge in [-0.05, 0) is 50.1 Å². The number of benzene rings is 2. The molecule has 2 aromatic carbocycles. The molecule has 1 fully saturated rings. The number of hydrogen-bond donors (Lipinski definition) is 0. The van der Waals surface area contributed by atoms with Crippen LogP contribution in [0.2, 0.25) is 0 Å². The molecule has 0 spiro atoms. The zero-order chi connectivity index (χ0) is 24.2. The number of hydrogen-bond acceptors (Lipinski definition) is 8. The first-order valence-corrected chi connectivity index (χ1v) is 13.3. The van der Waals surface area contributed by atoms with Crippen LogP contribution in [0, 0.1) is 13.8 Å². The predicted octanol–water partition coefficient (Wildman–Crippen LogP) is 5.35. The molecule has 1 saturated heterocycles. The van der Waals surface area contributed by atoms with Gasteiger partial charge < -0.3 is 14.5 Å². The highest BCUT2D eigenvalue weighted by Crippen LogP contribution is 2.24. The molecule has 0 saturated carbocycles. The quantitative estimate of drug-likeness (QED) is 0.352. The highest BCUT2D eigenvalue weighted by molar-refractivity contribution is 7.10. The summed E-state index contributed by atoms with van der Waals surface area (Å²) >= 11 is 2.94. The van der Waals surface area contributed by atoms with E-state index in [0.717, 1.165) is 59.1 Å². The summed E-state index contributed by atoms with van der Waals surface area (Å²) in [5, 5.41) is 3.68. The van der Waals surface area contributed by atoms with Gasteiger partial charge in [-0.25, -0.2) is 9.97 Å². The van der Waals surface area contributed by atoms with E-state index in [9.17, 15) is 4.79 Å². The Hall–Kier alpha value is -3.30. The number of aryl methyl sites for hydroxylation is 2. The lowest BCUT2D eigenvalue weighted by Crippen LogP contribution is -2.35. The monoisotopic (exact) mass is 505 g/mol. The molecular weight excluding hydrogens is 478 g/mol. The number of anilines is 1. The topological polar surface area (TPSA) is 71.5 Å². The molecule has 0 N–H and O–H groups in total. The molecule has 180 valence electrons. The number of carbonyl (C=O) groups excluding carboxylic acids is 1. The van der Waals surface area contributed by atoms with Crippen molar-refractivity contribution in [1.29, 1.82) is 0 Å². The van der Waals surface area contributed by atoms with E-state index < -0.39 is 0 Å². The molecule has 0 bridgehead atoms. The van der Waals surface area contributed by atoms with Gasteiger partial charge >= 0.3 is 0 Å². The van der Waals surface area contributed by atoms with E-state index in [-0.39, 0.29) is 5.91 Å². The minimum absolute atomic E-state index is 0.0176. The Morgan fingerprint density at radius 2 is 1.69 bits per heavy atom. The van der Waals surface area contributed by atoms with Crippen molar-refractivity contribution in [1.82, 2.24) is 19.2 Å². The fourth-order valence-corrected chi connectivity index (χ4v) is 5.30. The van der Waals surface area contributed by atoms with Crippen molar-refractivity contribution in [2.24, 2.45) is 0 Å². The molecule has 5 rings (SSSR count). The van der Waals surface area contributed by atoms with Gasteiger partial charge in [0.2, 0.25) is 5.13 Å². The lowest BCUT2D eigenvalue weighted by atomic mass is 10.1. The molecule has 4 aromatic rings. The van der Waals surface area contributed by atoms with E-state index in [2.05, 4.69) is 33.3 Å². The second-order valence-corrected chi connectivity index (χ2v) is 10.4. The van der Waals surface area contributed by atoms with Crippen LogP contribution in [0.25, 0.3) is 0 Å². The van der Waals surface area contributed by atoms with Crippen molar-refractivity contribution in [2.75, 3.05) is 31.1 Å². The van der Waals surface area contributed by atoms with Gasteiger partial charge in [-0.15, -0.1) is 11.3 Å². The summed E-state index contributed by atoms with van der Waals surface area (Å²) in [5.41, 5.74) is 2.89. The third-order valence-electron chi connectivity index (χ3n) is 5.89. The van der Waals surface area contributed by atoms with Crippen LogP contribution in [-0.2, 0) is 6.42 Å². The van der Waals surface area contributed by atoms with E-state index in [4.69, 9.17) is 9.72 Å². The highest BCUT2D eigenvalue weighted by atomic mass is 32.1. The van der Waals surface area contributed by atoms with Gasteiger partial charge in [0.25, 0.3) is 5.91 Å². The molecule has 1 aliphatic rings. The van der Waals surface area contributed by atoms with Crippen molar-refractivity contribution in [2.45, 2.75) is 26.7 Å². The van der Waals surface area contributed by atoms with Crippen LogP contribution in [0.5, 0.6) is 11.5 Å². The van der Waals surface area contributed by atoms with Gasteiger partial charge in [-0.1, -0.05) is 29.8 Å². The molecule has 9 heteroatoms. The predicted molar refractivity (Wildman–Crippen MR) is 140 cm³/mol. The van der Waals surface area contributed by atoms with Crippen molar-refractivity contribution in [3.63, 3.8) is 0 Å². The minimum atomic E-state index is 0.0176. The number of nitrogens with zero attached hydrogens (tertiary/aromatic N) is 5. The fourth-order valence-electron chi connectivity index (χ4n) is 3.98. The van der Waals surface area contributed by atoms with Gasteiger partial charge in [0.15, 0.2) is 0 Å². The average molecular weight is 506 g/mol. The van der Waals surface area contributed by atoms with Crippen LogP contribution >= 0.6 is 22.9 Å². The van der Waals surface area contributed by atoms with Crippen LogP contribution in [0.1, 0.15) is 38.9 Å². The average Bonchev–Trinajstić information content (AvgIpc) is 3.43. The first-order chi connectivity index (χ1) is 17.0. The van der Waals surface area contributed by atoms with E-state index >= 15 is 0 Å². The number of rotatable bonds is 6. The van der Waals surface area contributed by atoms with Gasteiger partial charge in [0.1, 0.15) is 23.0 Å². The van der Waals surface area contributed by atoms with Crippen LogP contribution in [0.4, 0.5) is 5.13 Å². The molecule has 3 heterocycles. The van der Waals surface area contributed by atoms with Crippen molar-refractivity contribution < 1.29 is 9.53 Å². The van der Waals surface area contributed by atoms with Crippen LogP contribution in [0.3, 0.4) is 0 Å². The summed E-state index contributed by atoms with van der Waals surface area (Å²) in [6.45, 7) is 6.98. The second kappa shape index (κ2) is 10.5. The third kappa shape index (κ3) is 5.86. The standard InChI is InChI=1S/C26H27N5O2S2/c1-18-4-8-21(9-5-18)33-22-10-6-20(7-11-22)16-24-28-26(35-29-24)31-13-3-12-30(14-15-31)25(32)23-17-34-19(2)27-23/h4-11,17H,3,12-16H2,1-2H3. The van der Waals surface area contributed by atoms with E-state index in [0.29, 0.717) is 18.7 Å². The van der Waals surface area contributed by atoms with E-state index in [1.54, 1.807) is 0 Å². The van der Waals surface area contributed by atoms with Crippen LogP contribution in [0.15, 0.2) is 53.9 Å². The molecule has 0 radical (unpaired) electrons. The molecule has 35 heavy (non-hydrogen) atoms. The van der Waals surface area contributed by atoms with Gasteiger partial charge in [-0.3, -0.25) is 4.79 Å². The van der Waals surface area contributed by atoms with Gasteiger partial charge in [-0.2, -0.15) is 4.37 Å². The summed E-state index contributed by atoms with van der Waals surface area (Å²) in [5.74, 6) is 2.46. The van der Waals surface area contributed by atoms with Crippen molar-refractivity contribution in [3.8, 4) is 11.5 Å². The Morgan fingerprint density at radius 3 is 2.40 bits per heavy atom. The number of aromatic nitrogens is 3. The normalized spacial score (nSPS) is 14.1. The van der Waals surface area contributed by atoms with Crippen molar-refractivity contribution >= 4 is 33.9 Å². The van der Waals surface area contributed by atoms with Gasteiger partial charge in [0.05, 0.1) is 5.01 Å². The Labute approximate surface area is 213 Å². The maximum atomic E-state index is 12.8. The maximum Gasteiger partial charge on any atom is 0.273 e. The molecule has 2 aromatic heterocycles. The van der Waals surface area contributed by atoms with E-state index in [1.807, 2.05) is 53.6 Å². The maximum absolute atomic E-state index is 12.8. The Morgan fingerprint density at radius 1 is 0.943 bits per heavy atom. The number of ether oxygens (including phenoxy) is 1. The largest absolute Gasteiger partial charge is 0.457 e. The lowest BCUT2D eigenvalue weighted by molar-refractivity contribution is 0.0762. The lowest BCUT2D eigenvalue weighted by Gasteiger charge is -2.20. The zero-order valence-electron chi connectivity index (χ0n) is 19.8. The number of carbonyl (C=O) groups is 1. The van der Waals surface area contributed by atoms with Crippen molar-refractivity contribution in [3.05, 3.63) is 81.6 Å². The highest BCUT2D eigenvalue weighted by Gasteiger charge is 2.23. The Balaban J connectivity index is 1.17. The number of thiazole rings is 1. The second-order valence-electron chi connectivity index (χ2n) is 8.61. The third-order valence-corrected chi connectivity index (χ3v) is 7.48. The summed E-state index contributed by atoms with van der Waals surface area (Å²) in [7, 11) is 0. The summed E-state index contributed by atoms with van der Waals surface area (Å²) < 4.78 is 10.5. The number of amides is 1. The summed E-state index contributed by atoms with van der Waals surface area (Å²) in [6.07, 6.45) is 1.56. The molecule has 1 aliphatic heterocycles. The smallest absolute Gasteiger partial charge is 0.273 e. The minimum Gasteiger partial charge on any atom is -0.457 e. The molecule has 0 aliphatic carbocycles. The fraction of sp³-hybridized carbons (Fsp3) is 0.308. The SMILES string of the molecule is Cc1ccc(Oc2ccc(Cc3nsc(N4CCCN(C(=O)c5csc(C)n5)CC4)n3)cc2)cc1. The first-order valence-electron chi connectivity index (χ1n) is 11.7. The first kappa shape index (κ1) is 23.4.